The molecule has 7 heteroatoms. The van der Waals surface area contributed by atoms with E-state index in [9.17, 15) is 23.8 Å². The summed E-state index contributed by atoms with van der Waals surface area (Å²) >= 11 is 2.93. The van der Waals surface area contributed by atoms with E-state index in [-0.39, 0.29) is 10.9 Å². The number of carbonyl (C=O) groups is 1. The maximum Gasteiger partial charge on any atom is 0.343 e. The molecule has 0 amide bonds. The van der Waals surface area contributed by atoms with Gasteiger partial charge in [0.1, 0.15) is 23.3 Å². The van der Waals surface area contributed by atoms with E-state index < -0.39 is 35.4 Å². The molecule has 0 aliphatic rings. The van der Waals surface area contributed by atoms with Gasteiger partial charge in [0.05, 0.1) is 13.2 Å². The zero-order valence-electron chi connectivity index (χ0n) is 9.36. The van der Waals surface area contributed by atoms with Crippen LogP contribution in [0.15, 0.2) is 12.1 Å². The number of ether oxygens (including phenoxy) is 1. The topological polar surface area (TPSA) is 66.8 Å². The average Bonchev–Trinajstić information content (AvgIpc) is 2.35. The van der Waals surface area contributed by atoms with E-state index in [0.717, 1.165) is 19.2 Å². The SMILES string of the molecule is COC(=O)c1c(F)cc(C(O)C(O)CBr)cc1F. The van der Waals surface area contributed by atoms with Gasteiger partial charge >= 0.3 is 5.97 Å². The molecule has 0 heterocycles. The molecule has 1 rings (SSSR count). The summed E-state index contributed by atoms with van der Waals surface area (Å²) in [6, 6.07) is 1.57. The van der Waals surface area contributed by atoms with Crippen molar-refractivity contribution in [2.75, 3.05) is 12.4 Å². The lowest BCUT2D eigenvalue weighted by molar-refractivity contribution is 0.0338. The van der Waals surface area contributed by atoms with Crippen LogP contribution in [0, 0.1) is 11.6 Å². The lowest BCUT2D eigenvalue weighted by Crippen LogP contribution is -2.20. The Kier molecular flexibility index (Phi) is 5.18. The van der Waals surface area contributed by atoms with Crippen molar-refractivity contribution >= 4 is 21.9 Å². The summed E-state index contributed by atoms with van der Waals surface area (Å²) in [4.78, 5) is 11.1. The summed E-state index contributed by atoms with van der Waals surface area (Å²) in [5.41, 5.74) is -0.994. The van der Waals surface area contributed by atoms with Gasteiger partial charge in [-0.05, 0) is 17.7 Å². The minimum absolute atomic E-state index is 0.0379. The summed E-state index contributed by atoms with van der Waals surface area (Å²) in [5.74, 6) is -3.46. The van der Waals surface area contributed by atoms with Crippen LogP contribution in [-0.2, 0) is 4.74 Å². The number of esters is 1. The van der Waals surface area contributed by atoms with Crippen LogP contribution in [0.3, 0.4) is 0 Å². The number of hydrogen-bond acceptors (Lipinski definition) is 4. The Balaban J connectivity index is 3.18. The number of hydrogen-bond donors (Lipinski definition) is 2. The summed E-state index contributed by atoms with van der Waals surface area (Å²) in [7, 11) is 0.999. The monoisotopic (exact) mass is 324 g/mol. The molecule has 0 radical (unpaired) electrons. The zero-order valence-corrected chi connectivity index (χ0v) is 10.9. The van der Waals surface area contributed by atoms with E-state index in [0.29, 0.717) is 0 Å². The van der Waals surface area contributed by atoms with Crippen molar-refractivity contribution in [1.82, 2.24) is 0 Å². The third kappa shape index (κ3) is 3.04. The second-order valence-corrected chi connectivity index (χ2v) is 4.17. The molecule has 0 aliphatic carbocycles. The van der Waals surface area contributed by atoms with Gasteiger partial charge in [-0.1, -0.05) is 15.9 Å². The predicted octanol–water partition coefficient (Wildman–Crippen LogP) is 1.54. The number of methoxy groups -OCH3 is 1. The number of aliphatic hydroxyl groups excluding tert-OH is 2. The fourth-order valence-electron chi connectivity index (χ4n) is 1.37. The highest BCUT2D eigenvalue weighted by molar-refractivity contribution is 9.09. The molecule has 0 bridgehead atoms. The number of benzene rings is 1. The van der Waals surface area contributed by atoms with Gasteiger partial charge in [-0.3, -0.25) is 0 Å². The van der Waals surface area contributed by atoms with E-state index >= 15 is 0 Å². The second-order valence-electron chi connectivity index (χ2n) is 3.52. The smallest absolute Gasteiger partial charge is 0.343 e. The Bertz CT molecular complexity index is 430. The molecule has 0 saturated carbocycles. The third-order valence-electron chi connectivity index (χ3n) is 2.32. The van der Waals surface area contributed by atoms with E-state index in [1.54, 1.807) is 0 Å². The van der Waals surface area contributed by atoms with Crippen molar-refractivity contribution < 1.29 is 28.5 Å². The molecule has 2 atom stereocenters. The molecule has 100 valence electrons. The lowest BCUT2D eigenvalue weighted by Gasteiger charge is -2.16. The van der Waals surface area contributed by atoms with Gasteiger partial charge in [0.25, 0.3) is 0 Å². The molecule has 0 saturated heterocycles. The van der Waals surface area contributed by atoms with E-state index in [1.165, 1.54) is 0 Å². The van der Waals surface area contributed by atoms with E-state index in [2.05, 4.69) is 20.7 Å². The van der Waals surface area contributed by atoms with Crippen LogP contribution >= 0.6 is 15.9 Å². The van der Waals surface area contributed by atoms with Crippen molar-refractivity contribution in [2.24, 2.45) is 0 Å². The number of alkyl halides is 1. The van der Waals surface area contributed by atoms with Crippen molar-refractivity contribution in [1.29, 1.82) is 0 Å². The summed E-state index contributed by atoms with van der Waals surface area (Å²) in [6.07, 6.45) is -2.67. The average molecular weight is 325 g/mol. The minimum Gasteiger partial charge on any atom is -0.465 e. The van der Waals surface area contributed by atoms with Crippen LogP contribution < -0.4 is 0 Å². The first-order valence-electron chi connectivity index (χ1n) is 4.91. The van der Waals surface area contributed by atoms with Crippen LogP contribution in [0.25, 0.3) is 0 Å². The van der Waals surface area contributed by atoms with Crippen LogP contribution in [0.4, 0.5) is 8.78 Å². The highest BCUT2D eigenvalue weighted by atomic mass is 79.9. The van der Waals surface area contributed by atoms with Crippen molar-refractivity contribution in [3.8, 4) is 0 Å². The third-order valence-corrected chi connectivity index (χ3v) is 2.98. The van der Waals surface area contributed by atoms with Crippen LogP contribution in [0.1, 0.15) is 22.0 Å². The number of carbonyl (C=O) groups excluding carboxylic acids is 1. The Labute approximate surface area is 110 Å². The zero-order chi connectivity index (χ0) is 13.9. The van der Waals surface area contributed by atoms with Gasteiger partial charge in [0.2, 0.25) is 0 Å². The number of rotatable bonds is 4. The first-order valence-corrected chi connectivity index (χ1v) is 6.03. The fourth-order valence-corrected chi connectivity index (χ4v) is 1.72. The first kappa shape index (κ1) is 15.0. The Morgan fingerprint density at radius 1 is 1.39 bits per heavy atom. The highest BCUT2D eigenvalue weighted by Crippen LogP contribution is 2.23. The molecular formula is C11H11BrF2O4. The molecule has 0 spiro atoms. The largest absolute Gasteiger partial charge is 0.465 e. The van der Waals surface area contributed by atoms with E-state index in [1.807, 2.05) is 0 Å². The maximum atomic E-state index is 13.5. The van der Waals surface area contributed by atoms with Gasteiger partial charge in [0, 0.05) is 5.33 Å². The van der Waals surface area contributed by atoms with Crippen LogP contribution in [0.2, 0.25) is 0 Å². The molecule has 18 heavy (non-hydrogen) atoms. The normalized spacial score (nSPS) is 14.1. The van der Waals surface area contributed by atoms with Gasteiger partial charge in [0.15, 0.2) is 0 Å². The molecule has 1 aromatic rings. The molecule has 1 aromatic carbocycles. The predicted molar refractivity (Wildman–Crippen MR) is 62.5 cm³/mol. The van der Waals surface area contributed by atoms with Gasteiger partial charge in [-0.15, -0.1) is 0 Å². The van der Waals surface area contributed by atoms with Crippen molar-refractivity contribution in [3.05, 3.63) is 34.9 Å². The molecule has 0 aromatic heterocycles. The standard InChI is InChI=1S/C11H11BrF2O4/c1-18-11(17)9-6(13)2-5(3-7(9)14)10(16)8(15)4-12/h2-3,8,10,15-16H,4H2,1H3. The van der Waals surface area contributed by atoms with Gasteiger partial charge in [-0.25, -0.2) is 13.6 Å². The second kappa shape index (κ2) is 6.21. The van der Waals surface area contributed by atoms with Crippen molar-refractivity contribution in [3.63, 3.8) is 0 Å². The first-order chi connectivity index (χ1) is 8.42. The molecular weight excluding hydrogens is 314 g/mol. The molecule has 2 N–H and O–H groups in total. The lowest BCUT2D eigenvalue weighted by atomic mass is 10.0. The fraction of sp³-hybridized carbons (Fsp3) is 0.364. The van der Waals surface area contributed by atoms with E-state index in [4.69, 9.17) is 0 Å². The Morgan fingerprint density at radius 2 is 1.89 bits per heavy atom. The summed E-state index contributed by atoms with van der Waals surface area (Å²) in [5, 5.41) is 19.0. The van der Waals surface area contributed by atoms with Crippen LogP contribution in [0.5, 0.6) is 0 Å². The summed E-state index contributed by atoms with van der Waals surface area (Å²) < 4.78 is 31.3. The maximum absolute atomic E-state index is 13.5. The quantitative estimate of drug-likeness (QED) is 0.651. The molecule has 4 nitrogen and oxygen atoms in total. The van der Waals surface area contributed by atoms with Crippen LogP contribution in [-0.4, -0.2) is 34.7 Å². The van der Waals surface area contributed by atoms with Crippen molar-refractivity contribution in [2.45, 2.75) is 12.2 Å². The van der Waals surface area contributed by atoms with Gasteiger partial charge in [-0.2, -0.15) is 0 Å². The van der Waals surface area contributed by atoms with Gasteiger partial charge < -0.3 is 14.9 Å². The number of aliphatic hydroxyl groups is 2. The summed E-state index contributed by atoms with van der Waals surface area (Å²) in [6.45, 7) is 0. The molecule has 0 aliphatic heterocycles. The minimum atomic E-state index is -1.46. The highest BCUT2D eigenvalue weighted by Gasteiger charge is 2.24. The molecule has 2 unspecified atom stereocenters. The Hall–Kier alpha value is -1.05. The number of halogens is 3. The Morgan fingerprint density at radius 3 is 2.28 bits per heavy atom. The molecule has 0 fully saturated rings.